The lowest BCUT2D eigenvalue weighted by Crippen LogP contribution is -2.58. The highest BCUT2D eigenvalue weighted by molar-refractivity contribution is 14.1. The summed E-state index contributed by atoms with van der Waals surface area (Å²) >= 11 is 3.82. The number of amides is 1. The first-order chi connectivity index (χ1) is 19.8. The quantitative estimate of drug-likeness (QED) is 0.0868. The van der Waals surface area contributed by atoms with Gasteiger partial charge in [0.1, 0.15) is 16.8 Å². The second kappa shape index (κ2) is 13.5. The molecule has 1 aliphatic heterocycles. The molecule has 0 radical (unpaired) electrons. The normalized spacial score (nSPS) is 17.9. The van der Waals surface area contributed by atoms with Crippen LogP contribution in [0.5, 0.6) is 5.75 Å². The third-order valence-corrected chi connectivity index (χ3v) is 14.4. The molecule has 0 bridgehead atoms. The van der Waals surface area contributed by atoms with Crippen LogP contribution < -0.4 is 9.64 Å². The molecule has 10 heteroatoms. The predicted octanol–water partition coefficient (Wildman–Crippen LogP) is 7.93. The summed E-state index contributed by atoms with van der Waals surface area (Å²) in [4.78, 5) is 27.0. The molecule has 1 aliphatic rings. The molecule has 0 aromatic heterocycles. The van der Waals surface area contributed by atoms with E-state index in [1.165, 1.54) is 19.2 Å². The van der Waals surface area contributed by atoms with Crippen molar-refractivity contribution in [3.05, 3.63) is 93.3 Å². The van der Waals surface area contributed by atoms with Gasteiger partial charge < -0.3 is 18.8 Å². The number of esters is 1. The van der Waals surface area contributed by atoms with Gasteiger partial charge in [-0.15, -0.1) is 11.8 Å². The molecule has 4 rings (SSSR count). The first-order valence-corrected chi connectivity index (χ1v) is 18.8. The number of carbonyl (C=O) groups excluding carboxylic acids is 2. The van der Waals surface area contributed by atoms with Gasteiger partial charge in [-0.3, -0.25) is 4.79 Å². The van der Waals surface area contributed by atoms with Crippen molar-refractivity contribution in [2.45, 2.75) is 56.3 Å². The Morgan fingerprint density at radius 2 is 1.64 bits per heavy atom. The average molecular weight is 722 g/mol. The van der Waals surface area contributed by atoms with Crippen LogP contribution in [0.1, 0.15) is 44.0 Å². The summed E-state index contributed by atoms with van der Waals surface area (Å²) in [6.45, 7) is 10.8. The summed E-state index contributed by atoms with van der Waals surface area (Å²) in [7, 11) is -0.856. The molecule has 0 N–H and O–H groups in total. The second-order valence-corrected chi connectivity index (χ2v) is 18.9. The lowest BCUT2D eigenvalue weighted by atomic mass is 9.92. The van der Waals surface area contributed by atoms with Crippen molar-refractivity contribution >= 4 is 60.2 Å². The third-order valence-electron chi connectivity index (χ3n) is 7.87. The minimum absolute atomic E-state index is 0.00984. The van der Waals surface area contributed by atoms with Crippen LogP contribution in [0.25, 0.3) is 0 Å². The molecule has 0 saturated carbocycles. The Morgan fingerprint density at radius 3 is 2.21 bits per heavy atom. The number of anilines is 1. The van der Waals surface area contributed by atoms with Gasteiger partial charge in [-0.05, 0) is 100 Å². The average Bonchev–Trinajstić information content (AvgIpc) is 2.95. The van der Waals surface area contributed by atoms with Crippen LogP contribution in [0.3, 0.4) is 0 Å². The number of benzene rings is 3. The summed E-state index contributed by atoms with van der Waals surface area (Å²) in [6, 6.07) is 21.6. The maximum absolute atomic E-state index is 13.8. The van der Waals surface area contributed by atoms with E-state index in [2.05, 4.69) is 61.2 Å². The van der Waals surface area contributed by atoms with E-state index in [0.717, 1.165) is 20.4 Å². The van der Waals surface area contributed by atoms with E-state index in [0.29, 0.717) is 11.5 Å². The van der Waals surface area contributed by atoms with E-state index in [9.17, 15) is 14.0 Å². The van der Waals surface area contributed by atoms with Crippen LogP contribution in [0, 0.1) is 9.39 Å². The van der Waals surface area contributed by atoms with E-state index in [1.807, 2.05) is 41.3 Å². The molecule has 1 amide bonds. The largest absolute Gasteiger partial charge is 0.482 e. The lowest BCUT2D eigenvalue weighted by molar-refractivity contribution is -0.142. The summed E-state index contributed by atoms with van der Waals surface area (Å²) in [5, 5.41) is -0.346. The number of halogens is 2. The summed E-state index contributed by atoms with van der Waals surface area (Å²) < 4.78 is 31.9. The van der Waals surface area contributed by atoms with Gasteiger partial charge in [-0.2, -0.15) is 0 Å². The Morgan fingerprint density at radius 1 is 1.02 bits per heavy atom. The molecule has 1 fully saturated rings. The molecule has 3 atom stereocenters. The van der Waals surface area contributed by atoms with Crippen LogP contribution in [-0.4, -0.2) is 44.9 Å². The zero-order valence-electron chi connectivity index (χ0n) is 24.7. The minimum atomic E-state index is -2.17. The van der Waals surface area contributed by atoms with Gasteiger partial charge in [-0.1, -0.05) is 45.0 Å². The zero-order chi connectivity index (χ0) is 30.7. The fraction of sp³-hybridized carbons (Fsp3) is 0.375. The van der Waals surface area contributed by atoms with Crippen LogP contribution in [-0.2, 0) is 18.8 Å². The van der Waals surface area contributed by atoms with E-state index in [-0.39, 0.29) is 40.8 Å². The van der Waals surface area contributed by atoms with E-state index in [4.69, 9.17) is 9.16 Å². The standard InChI is InChI=1S/C32H37FINO5SSi/c1-32(2,3)42(5,6)40-27(21-7-11-23(33)12-8-21)20-41-30-29(35(31(30)37)25-15-13-24(34)14-16-25)22-9-17-26(18-10-22)39-19-28(36)38-4/h7-18,27,29-30H,19-20H2,1-6H3/t27-,29+,30+/m0/s1. The molecule has 224 valence electrons. The topological polar surface area (TPSA) is 65.1 Å². The number of β-lactam (4-membered cyclic amide) rings is 1. The van der Waals surface area contributed by atoms with E-state index >= 15 is 0 Å². The van der Waals surface area contributed by atoms with Gasteiger partial charge in [0.15, 0.2) is 14.9 Å². The SMILES string of the molecule is COC(=O)COc1ccc([C@@H]2[C@@H](SC[C@H](O[Si](C)(C)C(C)(C)C)c3ccc(F)cc3)C(=O)N2c2ccc(I)cc2)cc1. The summed E-state index contributed by atoms with van der Waals surface area (Å²) in [5.74, 6) is 0.368. The van der Waals surface area contributed by atoms with E-state index < -0.39 is 14.3 Å². The fourth-order valence-corrected chi connectivity index (χ4v) is 7.52. The van der Waals surface area contributed by atoms with Crippen molar-refractivity contribution in [2.75, 3.05) is 24.4 Å². The van der Waals surface area contributed by atoms with Crippen molar-refractivity contribution in [1.29, 1.82) is 0 Å². The van der Waals surface area contributed by atoms with Crippen molar-refractivity contribution in [3.63, 3.8) is 0 Å². The van der Waals surface area contributed by atoms with Crippen molar-refractivity contribution in [3.8, 4) is 5.75 Å². The molecule has 3 aromatic carbocycles. The minimum Gasteiger partial charge on any atom is -0.482 e. The van der Waals surface area contributed by atoms with Gasteiger partial charge >= 0.3 is 5.97 Å². The van der Waals surface area contributed by atoms with Crippen LogP contribution >= 0.6 is 34.4 Å². The molecular formula is C32H37FINO5SSi. The molecule has 42 heavy (non-hydrogen) atoms. The van der Waals surface area contributed by atoms with Gasteiger partial charge in [0.05, 0.1) is 19.3 Å². The monoisotopic (exact) mass is 721 g/mol. The molecule has 1 heterocycles. The number of nitrogens with zero attached hydrogens (tertiary/aromatic N) is 1. The third kappa shape index (κ3) is 7.56. The van der Waals surface area contributed by atoms with Crippen LogP contribution in [0.15, 0.2) is 72.8 Å². The fourth-order valence-electron chi connectivity index (χ4n) is 4.40. The molecule has 6 nitrogen and oxygen atoms in total. The molecule has 0 unspecified atom stereocenters. The maximum Gasteiger partial charge on any atom is 0.343 e. The Balaban J connectivity index is 1.60. The Labute approximate surface area is 266 Å². The highest BCUT2D eigenvalue weighted by Gasteiger charge is 2.50. The van der Waals surface area contributed by atoms with Gasteiger partial charge in [-0.25, -0.2) is 9.18 Å². The predicted molar refractivity (Wildman–Crippen MR) is 177 cm³/mol. The maximum atomic E-state index is 13.8. The van der Waals surface area contributed by atoms with Crippen LogP contribution in [0.4, 0.5) is 10.1 Å². The number of ether oxygens (including phenoxy) is 2. The number of methoxy groups -OCH3 is 1. The van der Waals surface area contributed by atoms with Crippen molar-refractivity contribution < 1.29 is 27.9 Å². The summed E-state index contributed by atoms with van der Waals surface area (Å²) in [5.41, 5.74) is 2.69. The number of rotatable bonds is 11. The zero-order valence-corrected chi connectivity index (χ0v) is 28.7. The van der Waals surface area contributed by atoms with Gasteiger partial charge in [0.25, 0.3) is 0 Å². The van der Waals surface area contributed by atoms with Crippen molar-refractivity contribution in [1.82, 2.24) is 0 Å². The molecular weight excluding hydrogens is 684 g/mol. The number of thioether (sulfide) groups is 1. The number of carbonyl (C=O) groups is 2. The Kier molecular flexibility index (Phi) is 10.4. The summed E-state index contributed by atoms with van der Waals surface area (Å²) in [6.07, 6.45) is -0.286. The highest BCUT2D eigenvalue weighted by Crippen LogP contribution is 2.47. The Bertz CT molecular complexity index is 1380. The first kappa shape index (κ1) is 32.5. The highest BCUT2D eigenvalue weighted by atomic mass is 127. The Hall–Kier alpha value is -2.41. The molecule has 3 aromatic rings. The van der Waals surface area contributed by atoms with Crippen molar-refractivity contribution in [2.24, 2.45) is 0 Å². The number of hydrogen-bond donors (Lipinski definition) is 0. The molecule has 0 spiro atoms. The number of hydrogen-bond acceptors (Lipinski definition) is 6. The van der Waals surface area contributed by atoms with Gasteiger partial charge in [0, 0.05) is 15.0 Å². The lowest BCUT2D eigenvalue weighted by Gasteiger charge is -2.47. The second-order valence-electron chi connectivity index (χ2n) is 11.7. The smallest absolute Gasteiger partial charge is 0.343 e. The van der Waals surface area contributed by atoms with Crippen LogP contribution in [0.2, 0.25) is 18.1 Å². The van der Waals surface area contributed by atoms with E-state index in [1.54, 1.807) is 36.0 Å². The van der Waals surface area contributed by atoms with Gasteiger partial charge in [0.2, 0.25) is 5.91 Å². The first-order valence-electron chi connectivity index (χ1n) is 13.7. The molecule has 1 saturated heterocycles. The molecule has 0 aliphatic carbocycles.